The van der Waals surface area contributed by atoms with Crippen molar-refractivity contribution in [2.75, 3.05) is 13.2 Å². The maximum Gasteiger partial charge on any atom is 0.333 e. The standard InChI is InChI=1S/C24H27NO4/c1-3-28-23(24(26)27)16-19-9-11-22(12-10-19)29-14-13-25-17-21(15-18(25)2)20-7-5-4-6-8-20/h4-12,15,17,23H,3,13-14,16H2,1-2H3,(H,26,27). The molecule has 0 aliphatic carbocycles. The summed E-state index contributed by atoms with van der Waals surface area (Å²) in [5, 5.41) is 9.19. The Labute approximate surface area is 171 Å². The average Bonchev–Trinajstić information content (AvgIpc) is 3.10. The van der Waals surface area contributed by atoms with E-state index in [1.165, 1.54) is 16.8 Å². The minimum Gasteiger partial charge on any atom is -0.492 e. The summed E-state index contributed by atoms with van der Waals surface area (Å²) >= 11 is 0. The fourth-order valence-corrected chi connectivity index (χ4v) is 3.26. The first kappa shape index (κ1) is 20.7. The van der Waals surface area contributed by atoms with Gasteiger partial charge < -0.3 is 19.1 Å². The van der Waals surface area contributed by atoms with Gasteiger partial charge in [0, 0.05) is 24.9 Å². The number of hydrogen-bond acceptors (Lipinski definition) is 3. The van der Waals surface area contributed by atoms with Gasteiger partial charge >= 0.3 is 5.97 Å². The average molecular weight is 393 g/mol. The van der Waals surface area contributed by atoms with Crippen molar-refractivity contribution in [1.82, 2.24) is 4.57 Å². The molecule has 2 aromatic carbocycles. The zero-order valence-corrected chi connectivity index (χ0v) is 16.9. The lowest BCUT2D eigenvalue weighted by molar-refractivity contribution is -0.149. The van der Waals surface area contributed by atoms with Gasteiger partial charge in [0.25, 0.3) is 0 Å². The van der Waals surface area contributed by atoms with E-state index < -0.39 is 12.1 Å². The van der Waals surface area contributed by atoms with Crippen LogP contribution in [0.25, 0.3) is 11.1 Å². The first-order valence-corrected chi connectivity index (χ1v) is 9.85. The minimum atomic E-state index is -0.941. The predicted octanol–water partition coefficient (Wildman–Crippen LogP) is 4.57. The van der Waals surface area contributed by atoms with E-state index in [9.17, 15) is 9.90 Å². The van der Waals surface area contributed by atoms with Crippen LogP contribution >= 0.6 is 0 Å². The van der Waals surface area contributed by atoms with Crippen LogP contribution in [0.1, 0.15) is 18.2 Å². The smallest absolute Gasteiger partial charge is 0.333 e. The van der Waals surface area contributed by atoms with Crippen molar-refractivity contribution in [2.45, 2.75) is 32.9 Å². The zero-order valence-electron chi connectivity index (χ0n) is 16.9. The second-order valence-electron chi connectivity index (χ2n) is 6.91. The molecule has 0 bridgehead atoms. The Bertz CT molecular complexity index is 916. The molecule has 1 unspecified atom stereocenters. The van der Waals surface area contributed by atoms with Gasteiger partial charge in [-0.1, -0.05) is 42.5 Å². The summed E-state index contributed by atoms with van der Waals surface area (Å²) < 4.78 is 13.3. The molecule has 0 aliphatic rings. The normalized spacial score (nSPS) is 11.9. The highest BCUT2D eigenvalue weighted by atomic mass is 16.5. The summed E-state index contributed by atoms with van der Waals surface area (Å²) in [6, 6.07) is 20.0. The molecule has 5 nitrogen and oxygen atoms in total. The Morgan fingerprint density at radius 3 is 2.45 bits per heavy atom. The van der Waals surface area contributed by atoms with Gasteiger partial charge in [-0.2, -0.15) is 0 Å². The summed E-state index contributed by atoms with van der Waals surface area (Å²) in [5.74, 6) is -0.172. The molecule has 0 saturated heterocycles. The monoisotopic (exact) mass is 393 g/mol. The molecule has 0 aliphatic heterocycles. The van der Waals surface area contributed by atoms with E-state index in [4.69, 9.17) is 9.47 Å². The number of benzene rings is 2. The number of carboxylic acids is 1. The Kier molecular flexibility index (Phi) is 7.09. The number of aryl methyl sites for hydroxylation is 1. The Hall–Kier alpha value is -3.05. The van der Waals surface area contributed by atoms with E-state index in [0.29, 0.717) is 19.6 Å². The number of hydrogen-bond donors (Lipinski definition) is 1. The van der Waals surface area contributed by atoms with Gasteiger partial charge in [-0.3, -0.25) is 0 Å². The summed E-state index contributed by atoms with van der Waals surface area (Å²) in [6.07, 6.45) is 1.67. The summed E-state index contributed by atoms with van der Waals surface area (Å²) in [5.41, 5.74) is 4.51. The molecule has 0 fully saturated rings. The molecule has 0 saturated carbocycles. The molecule has 3 rings (SSSR count). The highest BCUT2D eigenvalue weighted by molar-refractivity contribution is 5.72. The second kappa shape index (κ2) is 9.94. The summed E-state index contributed by atoms with van der Waals surface area (Å²) in [7, 11) is 0. The van der Waals surface area contributed by atoms with Crippen LogP contribution in [0.15, 0.2) is 66.9 Å². The molecule has 1 N–H and O–H groups in total. The number of aliphatic carboxylic acids is 1. The first-order valence-electron chi connectivity index (χ1n) is 9.85. The quantitative estimate of drug-likeness (QED) is 0.548. The van der Waals surface area contributed by atoms with E-state index in [2.05, 4.69) is 35.9 Å². The lowest BCUT2D eigenvalue weighted by atomic mass is 10.1. The number of aromatic nitrogens is 1. The van der Waals surface area contributed by atoms with Crippen LogP contribution < -0.4 is 4.74 Å². The van der Waals surface area contributed by atoms with Crippen molar-refractivity contribution in [3.63, 3.8) is 0 Å². The molecule has 5 heteroatoms. The topological polar surface area (TPSA) is 60.7 Å². The minimum absolute atomic E-state index is 0.342. The molecule has 1 aromatic heterocycles. The van der Waals surface area contributed by atoms with E-state index >= 15 is 0 Å². The van der Waals surface area contributed by atoms with Crippen LogP contribution in [0.5, 0.6) is 5.75 Å². The molecule has 29 heavy (non-hydrogen) atoms. The van der Waals surface area contributed by atoms with Gasteiger partial charge in [0.2, 0.25) is 0 Å². The van der Waals surface area contributed by atoms with Crippen LogP contribution in [0.2, 0.25) is 0 Å². The lowest BCUT2D eigenvalue weighted by Gasteiger charge is -2.13. The second-order valence-corrected chi connectivity index (χ2v) is 6.91. The molecule has 0 amide bonds. The molecule has 3 aromatic rings. The van der Waals surface area contributed by atoms with Crippen LogP contribution in [0.3, 0.4) is 0 Å². The number of rotatable bonds is 10. The zero-order chi connectivity index (χ0) is 20.6. The predicted molar refractivity (Wildman–Crippen MR) is 113 cm³/mol. The van der Waals surface area contributed by atoms with Crippen LogP contribution in [-0.4, -0.2) is 35.0 Å². The Morgan fingerprint density at radius 2 is 1.79 bits per heavy atom. The van der Waals surface area contributed by atoms with Gasteiger partial charge in [0.15, 0.2) is 6.10 Å². The molecular formula is C24H27NO4. The van der Waals surface area contributed by atoms with Crippen molar-refractivity contribution in [1.29, 1.82) is 0 Å². The highest BCUT2D eigenvalue weighted by Crippen LogP contribution is 2.22. The third-order valence-corrected chi connectivity index (χ3v) is 4.81. The lowest BCUT2D eigenvalue weighted by Crippen LogP contribution is -2.26. The van der Waals surface area contributed by atoms with E-state index in [0.717, 1.165) is 17.9 Å². The van der Waals surface area contributed by atoms with E-state index in [1.54, 1.807) is 6.92 Å². The van der Waals surface area contributed by atoms with Gasteiger partial charge in [0.05, 0.1) is 6.54 Å². The Morgan fingerprint density at radius 1 is 1.07 bits per heavy atom. The summed E-state index contributed by atoms with van der Waals surface area (Å²) in [4.78, 5) is 11.2. The SMILES string of the molecule is CCOC(Cc1ccc(OCCn2cc(-c3ccccc3)cc2C)cc1)C(=O)O. The maximum atomic E-state index is 11.2. The fourth-order valence-electron chi connectivity index (χ4n) is 3.26. The van der Waals surface area contributed by atoms with Crippen LogP contribution in [-0.2, 0) is 22.5 Å². The molecule has 0 spiro atoms. The molecule has 152 valence electrons. The third-order valence-electron chi connectivity index (χ3n) is 4.81. The molecule has 0 radical (unpaired) electrons. The van der Waals surface area contributed by atoms with Gasteiger partial charge in [-0.05, 0) is 48.7 Å². The van der Waals surface area contributed by atoms with E-state index in [1.807, 2.05) is 42.5 Å². The number of carbonyl (C=O) groups is 1. The molecular weight excluding hydrogens is 366 g/mol. The van der Waals surface area contributed by atoms with Crippen molar-refractivity contribution < 1.29 is 19.4 Å². The molecule has 1 atom stereocenters. The number of carboxylic acid groups (broad SMARTS) is 1. The van der Waals surface area contributed by atoms with E-state index in [-0.39, 0.29) is 0 Å². The molecule has 1 heterocycles. The van der Waals surface area contributed by atoms with Gasteiger partial charge in [-0.15, -0.1) is 0 Å². The van der Waals surface area contributed by atoms with Crippen molar-refractivity contribution in [3.05, 3.63) is 78.1 Å². The maximum absolute atomic E-state index is 11.2. The van der Waals surface area contributed by atoms with Crippen LogP contribution in [0.4, 0.5) is 0 Å². The number of nitrogens with zero attached hydrogens (tertiary/aromatic N) is 1. The van der Waals surface area contributed by atoms with Crippen molar-refractivity contribution >= 4 is 5.97 Å². The van der Waals surface area contributed by atoms with Gasteiger partial charge in [0.1, 0.15) is 12.4 Å². The van der Waals surface area contributed by atoms with Crippen molar-refractivity contribution in [2.24, 2.45) is 0 Å². The summed E-state index contributed by atoms with van der Waals surface area (Å²) in [6.45, 7) is 5.58. The van der Waals surface area contributed by atoms with Gasteiger partial charge in [-0.25, -0.2) is 4.79 Å². The van der Waals surface area contributed by atoms with Crippen molar-refractivity contribution in [3.8, 4) is 16.9 Å². The fraction of sp³-hybridized carbons (Fsp3) is 0.292. The first-order chi connectivity index (χ1) is 14.1. The number of ether oxygens (including phenoxy) is 2. The van der Waals surface area contributed by atoms with Crippen LogP contribution in [0, 0.1) is 6.92 Å². The Balaban J connectivity index is 1.53. The largest absolute Gasteiger partial charge is 0.492 e. The highest BCUT2D eigenvalue weighted by Gasteiger charge is 2.17. The third kappa shape index (κ3) is 5.72.